The summed E-state index contributed by atoms with van der Waals surface area (Å²) in [6.07, 6.45) is 0. The molecule has 2 nitrogen and oxygen atoms in total. The first-order chi connectivity index (χ1) is 11.1. The van der Waals surface area contributed by atoms with E-state index in [2.05, 4.69) is 99.9 Å². The van der Waals surface area contributed by atoms with Crippen molar-refractivity contribution in [2.24, 2.45) is 0 Å². The van der Waals surface area contributed by atoms with Crippen molar-refractivity contribution in [1.82, 2.24) is 9.13 Å². The van der Waals surface area contributed by atoms with Crippen molar-refractivity contribution in [2.75, 3.05) is 26.2 Å². The van der Waals surface area contributed by atoms with E-state index < -0.39 is 22.6 Å². The van der Waals surface area contributed by atoms with Crippen LogP contribution in [0.4, 0.5) is 0 Å². The zero-order valence-electron chi connectivity index (χ0n) is 17.6. The lowest BCUT2D eigenvalue weighted by Crippen LogP contribution is -2.89. The highest BCUT2D eigenvalue weighted by Gasteiger charge is 2.62. The molecule has 0 radical (unpaired) electrons. The predicted molar refractivity (Wildman–Crippen MR) is 119 cm³/mol. The Morgan fingerprint density at radius 2 is 1.04 bits per heavy atom. The summed E-state index contributed by atoms with van der Waals surface area (Å²) in [5, 5.41) is 1.65. The first-order valence-electron chi connectivity index (χ1n) is 9.70. The maximum absolute atomic E-state index is 2.90. The van der Waals surface area contributed by atoms with E-state index in [0.29, 0.717) is 0 Å². The summed E-state index contributed by atoms with van der Waals surface area (Å²) >= 11 is 0. The van der Waals surface area contributed by atoms with Crippen LogP contribution in [0.15, 0.2) is 30.3 Å². The Hall–Kier alpha value is -0.209. The van der Waals surface area contributed by atoms with E-state index in [1.165, 1.54) is 0 Å². The van der Waals surface area contributed by atoms with Gasteiger partial charge in [-0.25, -0.2) is 0 Å². The maximum Gasteiger partial charge on any atom is 0.220 e. The highest BCUT2D eigenvalue weighted by molar-refractivity contribution is 7.69. The first-order valence-corrected chi connectivity index (χ1v) is 20.1. The average molecular weight is 381 g/mol. The standard InChI is InChI=1S/C19H40N2Si3/c1-10-20(11-2)24(21(12-3)13-4,19-17-15-14-16-18-19)23(8,9)22(5,6)7/h14-18H,10-13H2,1-9H3. The van der Waals surface area contributed by atoms with Gasteiger partial charge in [0.1, 0.15) is 0 Å². The quantitative estimate of drug-likeness (QED) is 0.592. The number of rotatable bonds is 9. The van der Waals surface area contributed by atoms with Crippen LogP contribution in [0.3, 0.4) is 0 Å². The summed E-state index contributed by atoms with van der Waals surface area (Å²) in [6.45, 7) is 27.4. The third kappa shape index (κ3) is 3.51. The molecule has 0 aliphatic heterocycles. The van der Waals surface area contributed by atoms with Crippen molar-refractivity contribution in [3.05, 3.63) is 30.3 Å². The summed E-state index contributed by atoms with van der Waals surface area (Å²) in [5.41, 5.74) is 0. The smallest absolute Gasteiger partial charge is 0.220 e. The van der Waals surface area contributed by atoms with Crippen molar-refractivity contribution in [1.29, 1.82) is 0 Å². The third-order valence-corrected chi connectivity index (χ3v) is 45.2. The molecule has 1 rings (SSSR count). The fourth-order valence-corrected chi connectivity index (χ4v) is 37.2. The van der Waals surface area contributed by atoms with Crippen LogP contribution in [0.25, 0.3) is 0 Å². The molecular formula is C19H40N2Si3. The number of nitrogens with zero attached hydrogens (tertiary/aromatic N) is 2. The molecule has 0 unspecified atom stereocenters. The van der Waals surface area contributed by atoms with Crippen molar-refractivity contribution in [3.8, 4) is 0 Å². The molecule has 0 bridgehead atoms. The summed E-state index contributed by atoms with van der Waals surface area (Å²) in [4.78, 5) is 0. The first kappa shape index (κ1) is 21.8. The fraction of sp³-hybridized carbons (Fsp3) is 0.684. The Balaban J connectivity index is 3.88. The molecule has 0 saturated heterocycles. The molecule has 0 atom stereocenters. The summed E-state index contributed by atoms with van der Waals surface area (Å²) < 4.78 is 5.81. The van der Waals surface area contributed by atoms with Gasteiger partial charge in [-0.2, -0.15) is 0 Å². The number of benzene rings is 1. The summed E-state index contributed by atoms with van der Waals surface area (Å²) in [7, 11) is -4.71. The number of hydrogen-bond donors (Lipinski definition) is 0. The van der Waals surface area contributed by atoms with E-state index in [1.54, 1.807) is 5.19 Å². The Morgan fingerprint density at radius 1 is 0.667 bits per heavy atom. The lowest BCUT2D eigenvalue weighted by Gasteiger charge is -2.59. The molecule has 0 amide bonds. The highest BCUT2D eigenvalue weighted by atomic mass is 29.6. The Labute approximate surface area is 154 Å². The van der Waals surface area contributed by atoms with Gasteiger partial charge in [0.25, 0.3) is 0 Å². The van der Waals surface area contributed by atoms with Gasteiger partial charge in [-0.1, -0.05) is 90.8 Å². The summed E-state index contributed by atoms with van der Waals surface area (Å²) in [5.74, 6) is 0. The van der Waals surface area contributed by atoms with Gasteiger partial charge in [-0.15, -0.1) is 0 Å². The topological polar surface area (TPSA) is 6.48 Å². The van der Waals surface area contributed by atoms with Crippen LogP contribution in [0.2, 0.25) is 32.7 Å². The van der Waals surface area contributed by atoms with E-state index in [0.717, 1.165) is 26.2 Å². The normalized spacial score (nSPS) is 13.8. The van der Waals surface area contributed by atoms with Crippen molar-refractivity contribution < 1.29 is 0 Å². The van der Waals surface area contributed by atoms with Crippen molar-refractivity contribution >= 4 is 27.8 Å². The van der Waals surface area contributed by atoms with Gasteiger partial charge in [0.15, 0.2) is 0 Å². The van der Waals surface area contributed by atoms with Gasteiger partial charge in [0.2, 0.25) is 7.91 Å². The van der Waals surface area contributed by atoms with Gasteiger partial charge in [0, 0.05) is 7.59 Å². The lowest BCUT2D eigenvalue weighted by molar-refractivity contribution is 0.377. The molecule has 0 aliphatic carbocycles. The van der Waals surface area contributed by atoms with E-state index in [4.69, 9.17) is 0 Å². The molecule has 0 heterocycles. The Kier molecular flexibility index (Phi) is 7.69. The molecule has 5 heteroatoms. The van der Waals surface area contributed by atoms with Crippen LogP contribution in [0.5, 0.6) is 0 Å². The average Bonchev–Trinajstić information content (AvgIpc) is 2.54. The SMILES string of the molecule is CCN(CC)[Si](c1ccccc1)(N(CC)CC)[Si](C)(C)[Si](C)(C)C. The van der Waals surface area contributed by atoms with Crippen LogP contribution in [-0.4, -0.2) is 57.9 Å². The lowest BCUT2D eigenvalue weighted by atomic mass is 10.4. The van der Waals surface area contributed by atoms with E-state index in [9.17, 15) is 0 Å². The third-order valence-electron chi connectivity index (χ3n) is 6.37. The van der Waals surface area contributed by atoms with Crippen molar-refractivity contribution in [3.63, 3.8) is 0 Å². The monoisotopic (exact) mass is 380 g/mol. The van der Waals surface area contributed by atoms with Gasteiger partial charge in [0.05, 0.1) is 7.11 Å². The predicted octanol–water partition coefficient (Wildman–Crippen LogP) is 4.22. The minimum Gasteiger partial charge on any atom is -0.311 e. The molecule has 0 N–H and O–H groups in total. The zero-order valence-corrected chi connectivity index (χ0v) is 20.6. The van der Waals surface area contributed by atoms with E-state index in [1.807, 2.05) is 0 Å². The minimum atomic E-state index is -1.93. The molecular weight excluding hydrogens is 340 g/mol. The molecule has 24 heavy (non-hydrogen) atoms. The molecule has 138 valence electrons. The van der Waals surface area contributed by atoms with Crippen LogP contribution < -0.4 is 5.19 Å². The molecule has 0 aliphatic rings. The molecule has 0 saturated carbocycles. The van der Waals surface area contributed by atoms with Gasteiger partial charge >= 0.3 is 0 Å². The van der Waals surface area contributed by atoms with E-state index in [-0.39, 0.29) is 0 Å². The zero-order chi connectivity index (χ0) is 18.6. The molecule has 1 aromatic rings. The Morgan fingerprint density at radius 3 is 1.33 bits per heavy atom. The van der Waals surface area contributed by atoms with E-state index >= 15 is 0 Å². The van der Waals surface area contributed by atoms with Crippen molar-refractivity contribution in [2.45, 2.75) is 60.4 Å². The highest BCUT2D eigenvalue weighted by Crippen LogP contribution is 2.33. The molecule has 0 aromatic heterocycles. The van der Waals surface area contributed by atoms with Crippen LogP contribution in [0, 0.1) is 0 Å². The summed E-state index contributed by atoms with van der Waals surface area (Å²) in [6, 6.07) is 11.6. The largest absolute Gasteiger partial charge is 0.311 e. The van der Waals surface area contributed by atoms with Crippen LogP contribution >= 0.6 is 0 Å². The molecule has 1 aromatic carbocycles. The second-order valence-electron chi connectivity index (χ2n) is 8.26. The van der Waals surface area contributed by atoms with Gasteiger partial charge in [-0.3, -0.25) is 0 Å². The number of hydrogen-bond acceptors (Lipinski definition) is 2. The van der Waals surface area contributed by atoms with Gasteiger partial charge < -0.3 is 9.13 Å². The van der Waals surface area contributed by atoms with Crippen LogP contribution in [0.1, 0.15) is 27.7 Å². The van der Waals surface area contributed by atoms with Crippen LogP contribution in [-0.2, 0) is 0 Å². The second-order valence-corrected chi connectivity index (χ2v) is 34.8. The second kappa shape index (κ2) is 8.45. The molecule has 0 fully saturated rings. The maximum atomic E-state index is 2.90. The molecule has 0 spiro atoms. The fourth-order valence-electron chi connectivity index (χ4n) is 4.27. The van der Waals surface area contributed by atoms with Gasteiger partial charge in [-0.05, 0) is 31.4 Å². The Bertz CT molecular complexity index is 477. The minimum absolute atomic E-state index is 1.16.